The molecule has 5 heteroatoms. The Balaban J connectivity index is 2.21. The van der Waals surface area contributed by atoms with E-state index in [0.717, 1.165) is 0 Å². The van der Waals surface area contributed by atoms with E-state index in [9.17, 15) is 0 Å². The summed E-state index contributed by atoms with van der Waals surface area (Å²) >= 11 is 5.83. The average molecular weight is 248 g/mol. The van der Waals surface area contributed by atoms with E-state index in [1.807, 2.05) is 0 Å². The molecule has 2 aromatic rings. The average Bonchev–Trinajstić information content (AvgIpc) is 2.29. The standard InChI is InChI=1S/C12H10BClO3/c14-10-4-2-6-12(8-10)17-11-5-1-3-9(7-11)13(15)16/h1-8,15-16H. The molecule has 0 spiro atoms. The van der Waals surface area contributed by atoms with Gasteiger partial charge in [-0.1, -0.05) is 29.8 Å². The highest BCUT2D eigenvalue weighted by molar-refractivity contribution is 6.58. The van der Waals surface area contributed by atoms with Gasteiger partial charge in [-0.25, -0.2) is 0 Å². The van der Waals surface area contributed by atoms with Crippen molar-refractivity contribution in [1.82, 2.24) is 0 Å². The van der Waals surface area contributed by atoms with Crippen LogP contribution in [-0.2, 0) is 0 Å². The predicted molar refractivity (Wildman–Crippen MR) is 67.8 cm³/mol. The molecule has 0 saturated heterocycles. The Morgan fingerprint density at radius 3 is 2.24 bits per heavy atom. The Labute approximate surface area is 104 Å². The molecule has 0 unspecified atom stereocenters. The van der Waals surface area contributed by atoms with E-state index in [-0.39, 0.29) is 0 Å². The molecule has 2 rings (SSSR count). The fourth-order valence-electron chi connectivity index (χ4n) is 1.41. The molecule has 3 nitrogen and oxygen atoms in total. The van der Waals surface area contributed by atoms with Crippen molar-refractivity contribution in [1.29, 1.82) is 0 Å². The van der Waals surface area contributed by atoms with Crippen LogP contribution in [0.5, 0.6) is 11.5 Å². The second-order valence-electron chi connectivity index (χ2n) is 3.51. The number of benzene rings is 2. The number of halogens is 1. The first-order valence-corrected chi connectivity index (χ1v) is 5.42. The minimum Gasteiger partial charge on any atom is -0.457 e. The van der Waals surface area contributed by atoms with Crippen molar-refractivity contribution in [2.75, 3.05) is 0 Å². The highest BCUT2D eigenvalue weighted by atomic mass is 35.5. The number of rotatable bonds is 3. The summed E-state index contributed by atoms with van der Waals surface area (Å²) in [7, 11) is -1.50. The van der Waals surface area contributed by atoms with E-state index in [1.165, 1.54) is 0 Å². The maximum absolute atomic E-state index is 9.04. The van der Waals surface area contributed by atoms with E-state index in [2.05, 4.69) is 0 Å². The van der Waals surface area contributed by atoms with Gasteiger partial charge in [0.15, 0.2) is 0 Å². The molecule has 0 atom stereocenters. The summed E-state index contributed by atoms with van der Waals surface area (Å²) in [5.74, 6) is 1.12. The van der Waals surface area contributed by atoms with Gasteiger partial charge in [0.05, 0.1) is 0 Å². The van der Waals surface area contributed by atoms with Crippen LogP contribution >= 0.6 is 11.6 Å². The molecular formula is C12H10BClO3. The molecule has 2 aromatic carbocycles. The highest BCUT2D eigenvalue weighted by Crippen LogP contribution is 2.23. The summed E-state index contributed by atoms with van der Waals surface area (Å²) in [6, 6.07) is 13.6. The molecule has 0 bridgehead atoms. The lowest BCUT2D eigenvalue weighted by molar-refractivity contribution is 0.425. The molecule has 0 aromatic heterocycles. The molecule has 0 fully saturated rings. The topological polar surface area (TPSA) is 49.7 Å². The van der Waals surface area contributed by atoms with Crippen LogP contribution in [-0.4, -0.2) is 17.2 Å². The lowest BCUT2D eigenvalue weighted by Gasteiger charge is -2.07. The van der Waals surface area contributed by atoms with Gasteiger partial charge in [-0.2, -0.15) is 0 Å². The molecule has 86 valence electrons. The second-order valence-corrected chi connectivity index (χ2v) is 3.94. The van der Waals surface area contributed by atoms with Crippen LogP contribution in [0.15, 0.2) is 48.5 Å². The molecule has 0 aliphatic carbocycles. The molecule has 0 radical (unpaired) electrons. The zero-order valence-electron chi connectivity index (χ0n) is 8.88. The van der Waals surface area contributed by atoms with Crippen molar-refractivity contribution in [2.24, 2.45) is 0 Å². The van der Waals surface area contributed by atoms with Gasteiger partial charge in [-0.05, 0) is 35.8 Å². The van der Waals surface area contributed by atoms with Gasteiger partial charge in [0.1, 0.15) is 11.5 Å². The summed E-state index contributed by atoms with van der Waals surface area (Å²) in [6.45, 7) is 0. The fourth-order valence-corrected chi connectivity index (χ4v) is 1.59. The van der Waals surface area contributed by atoms with Gasteiger partial charge >= 0.3 is 7.12 Å². The number of ether oxygens (including phenoxy) is 1. The first-order valence-electron chi connectivity index (χ1n) is 5.05. The van der Waals surface area contributed by atoms with E-state index in [0.29, 0.717) is 22.0 Å². The SMILES string of the molecule is OB(O)c1cccc(Oc2cccc(Cl)c2)c1. The zero-order valence-corrected chi connectivity index (χ0v) is 9.63. The van der Waals surface area contributed by atoms with Crippen molar-refractivity contribution in [2.45, 2.75) is 0 Å². The summed E-state index contributed by atoms with van der Waals surface area (Å²) < 4.78 is 5.54. The lowest BCUT2D eigenvalue weighted by Crippen LogP contribution is -2.29. The van der Waals surface area contributed by atoms with Crippen LogP contribution in [0.4, 0.5) is 0 Å². The monoisotopic (exact) mass is 248 g/mol. The van der Waals surface area contributed by atoms with Gasteiger partial charge < -0.3 is 14.8 Å². The van der Waals surface area contributed by atoms with Crippen LogP contribution in [0, 0.1) is 0 Å². The third kappa shape index (κ3) is 3.23. The third-order valence-electron chi connectivity index (χ3n) is 2.19. The maximum Gasteiger partial charge on any atom is 0.488 e. The van der Waals surface area contributed by atoms with E-state index in [1.54, 1.807) is 48.5 Å². The van der Waals surface area contributed by atoms with Crippen molar-refractivity contribution in [3.63, 3.8) is 0 Å². The molecule has 0 heterocycles. The Morgan fingerprint density at radius 2 is 1.59 bits per heavy atom. The van der Waals surface area contributed by atoms with Gasteiger partial charge in [0, 0.05) is 5.02 Å². The molecule has 2 N–H and O–H groups in total. The van der Waals surface area contributed by atoms with Gasteiger partial charge in [0.25, 0.3) is 0 Å². The summed E-state index contributed by atoms with van der Waals surface area (Å²) in [6.07, 6.45) is 0. The maximum atomic E-state index is 9.04. The predicted octanol–water partition coefficient (Wildman–Crippen LogP) is 1.81. The molecular weight excluding hydrogens is 238 g/mol. The minimum atomic E-state index is -1.50. The summed E-state index contributed by atoms with van der Waals surface area (Å²) in [5.41, 5.74) is 0.379. The molecule has 0 aliphatic heterocycles. The van der Waals surface area contributed by atoms with Crippen LogP contribution in [0.3, 0.4) is 0 Å². The second kappa shape index (κ2) is 5.23. The van der Waals surface area contributed by atoms with Gasteiger partial charge in [-0.15, -0.1) is 0 Å². The third-order valence-corrected chi connectivity index (χ3v) is 2.42. The lowest BCUT2D eigenvalue weighted by atomic mass is 9.80. The van der Waals surface area contributed by atoms with Crippen molar-refractivity contribution < 1.29 is 14.8 Å². The Hall–Kier alpha value is -1.49. The number of hydrogen-bond acceptors (Lipinski definition) is 3. The quantitative estimate of drug-likeness (QED) is 0.815. The summed E-state index contributed by atoms with van der Waals surface area (Å²) in [4.78, 5) is 0. The van der Waals surface area contributed by atoms with Gasteiger partial charge in [-0.3, -0.25) is 0 Å². The molecule has 0 amide bonds. The Bertz CT molecular complexity index is 517. The fraction of sp³-hybridized carbons (Fsp3) is 0. The van der Waals surface area contributed by atoms with Crippen LogP contribution in [0.25, 0.3) is 0 Å². The van der Waals surface area contributed by atoms with Crippen LogP contribution in [0.2, 0.25) is 5.02 Å². The minimum absolute atomic E-state index is 0.379. The molecule has 0 aliphatic rings. The van der Waals surface area contributed by atoms with Crippen molar-refractivity contribution >= 4 is 24.2 Å². The smallest absolute Gasteiger partial charge is 0.457 e. The van der Waals surface area contributed by atoms with Crippen molar-refractivity contribution in [3.05, 3.63) is 53.6 Å². The Morgan fingerprint density at radius 1 is 0.941 bits per heavy atom. The Kier molecular flexibility index (Phi) is 3.69. The van der Waals surface area contributed by atoms with E-state index in [4.69, 9.17) is 26.4 Å². The first-order chi connectivity index (χ1) is 8.15. The first kappa shape index (κ1) is 12.0. The van der Waals surface area contributed by atoms with Crippen LogP contribution < -0.4 is 10.2 Å². The van der Waals surface area contributed by atoms with Crippen molar-refractivity contribution in [3.8, 4) is 11.5 Å². The highest BCUT2D eigenvalue weighted by Gasteiger charge is 2.11. The molecule has 17 heavy (non-hydrogen) atoms. The number of hydrogen-bond donors (Lipinski definition) is 2. The summed E-state index contributed by atoms with van der Waals surface area (Å²) in [5, 5.41) is 18.7. The van der Waals surface area contributed by atoms with Gasteiger partial charge in [0.2, 0.25) is 0 Å². The van der Waals surface area contributed by atoms with E-state index >= 15 is 0 Å². The van der Waals surface area contributed by atoms with E-state index < -0.39 is 7.12 Å². The molecule has 0 saturated carbocycles. The normalized spacial score (nSPS) is 10.1. The van der Waals surface area contributed by atoms with Crippen LogP contribution in [0.1, 0.15) is 0 Å². The zero-order chi connectivity index (χ0) is 12.3. The largest absolute Gasteiger partial charge is 0.488 e.